The monoisotopic (exact) mass is 323 g/mol. The number of ether oxygens (including phenoxy) is 1. The first-order chi connectivity index (χ1) is 9.16. The summed E-state index contributed by atoms with van der Waals surface area (Å²) in [5.41, 5.74) is 8.65. The van der Waals surface area contributed by atoms with Gasteiger partial charge in [0, 0.05) is 22.3 Å². The lowest BCUT2D eigenvalue weighted by molar-refractivity contribution is 0.184. The molecular weight excluding hydrogens is 310 g/mol. The zero-order valence-corrected chi connectivity index (χ0v) is 12.1. The topological polar surface area (TPSA) is 78.9 Å². The van der Waals surface area contributed by atoms with Crippen LogP contribution in [0.5, 0.6) is 0 Å². The van der Waals surface area contributed by atoms with Gasteiger partial charge in [0.2, 0.25) is 0 Å². The van der Waals surface area contributed by atoms with Gasteiger partial charge >= 0.3 is 0 Å². The number of tetrazole rings is 1. The molecule has 1 aromatic heterocycles. The largest absolute Gasteiger partial charge is 0.398 e. The first kappa shape index (κ1) is 12.6. The van der Waals surface area contributed by atoms with Crippen molar-refractivity contribution in [3.8, 4) is 11.4 Å². The number of anilines is 1. The van der Waals surface area contributed by atoms with E-state index in [1.807, 2.05) is 23.7 Å². The molecule has 0 saturated carbocycles. The minimum Gasteiger partial charge on any atom is -0.398 e. The summed E-state index contributed by atoms with van der Waals surface area (Å²) in [6.07, 6.45) is 0.931. The molecule has 3 rings (SSSR count). The fraction of sp³-hybridized carbons (Fsp3) is 0.417. The van der Waals surface area contributed by atoms with Gasteiger partial charge in [-0.1, -0.05) is 15.9 Å². The molecule has 0 bridgehead atoms. The molecule has 0 aliphatic carbocycles. The van der Waals surface area contributed by atoms with Crippen LogP contribution in [0, 0.1) is 6.92 Å². The molecule has 7 heteroatoms. The van der Waals surface area contributed by atoms with E-state index in [1.54, 1.807) is 0 Å². The minimum atomic E-state index is 0.199. The highest BCUT2D eigenvalue weighted by molar-refractivity contribution is 9.10. The van der Waals surface area contributed by atoms with Crippen LogP contribution >= 0.6 is 15.9 Å². The average Bonchev–Trinajstić information content (AvgIpc) is 3.02. The lowest BCUT2D eigenvalue weighted by Crippen LogP contribution is -2.12. The second-order valence-electron chi connectivity index (χ2n) is 4.63. The quantitative estimate of drug-likeness (QED) is 0.854. The Labute approximate surface area is 119 Å². The molecule has 0 spiro atoms. The summed E-state index contributed by atoms with van der Waals surface area (Å²) in [6.45, 7) is 3.38. The molecule has 1 fully saturated rings. The third-order valence-corrected chi connectivity index (χ3v) is 3.86. The van der Waals surface area contributed by atoms with Crippen molar-refractivity contribution < 1.29 is 4.74 Å². The van der Waals surface area contributed by atoms with Gasteiger partial charge in [0.25, 0.3) is 0 Å². The maximum absolute atomic E-state index is 6.00. The number of rotatable bonds is 2. The third-order valence-electron chi connectivity index (χ3n) is 3.40. The highest BCUT2D eigenvalue weighted by Crippen LogP contribution is 2.31. The summed E-state index contributed by atoms with van der Waals surface area (Å²) in [6, 6.07) is 4.07. The number of hydrogen-bond donors (Lipinski definition) is 1. The molecule has 1 aliphatic heterocycles. The van der Waals surface area contributed by atoms with E-state index in [0.717, 1.165) is 40.1 Å². The fourth-order valence-corrected chi connectivity index (χ4v) is 2.74. The van der Waals surface area contributed by atoms with Crippen LogP contribution in [0.1, 0.15) is 18.0 Å². The Morgan fingerprint density at radius 2 is 2.32 bits per heavy atom. The third kappa shape index (κ3) is 2.23. The van der Waals surface area contributed by atoms with Gasteiger partial charge in [-0.15, -0.1) is 5.10 Å². The Bertz CT molecular complexity index is 606. The van der Waals surface area contributed by atoms with E-state index in [0.29, 0.717) is 6.61 Å². The molecule has 1 atom stereocenters. The molecule has 6 nitrogen and oxygen atoms in total. The summed E-state index contributed by atoms with van der Waals surface area (Å²) in [4.78, 5) is 0. The molecule has 2 N–H and O–H groups in total. The van der Waals surface area contributed by atoms with Crippen molar-refractivity contribution >= 4 is 21.6 Å². The van der Waals surface area contributed by atoms with Gasteiger partial charge in [-0.3, -0.25) is 0 Å². The van der Waals surface area contributed by atoms with E-state index in [-0.39, 0.29) is 6.04 Å². The van der Waals surface area contributed by atoms with Gasteiger partial charge in [0.05, 0.1) is 12.6 Å². The summed E-state index contributed by atoms with van der Waals surface area (Å²) in [7, 11) is 0. The number of aromatic nitrogens is 4. The van der Waals surface area contributed by atoms with Crippen LogP contribution in [0.3, 0.4) is 0 Å². The zero-order valence-electron chi connectivity index (χ0n) is 10.5. The molecule has 19 heavy (non-hydrogen) atoms. The molecular formula is C12H14BrN5O. The molecule has 2 aromatic rings. The van der Waals surface area contributed by atoms with E-state index < -0.39 is 0 Å². The fourth-order valence-electron chi connectivity index (χ4n) is 2.26. The van der Waals surface area contributed by atoms with Gasteiger partial charge < -0.3 is 10.5 Å². The highest BCUT2D eigenvalue weighted by Gasteiger charge is 2.24. The second kappa shape index (κ2) is 4.90. The average molecular weight is 324 g/mol. The maximum Gasteiger partial charge on any atom is 0.182 e. The summed E-state index contributed by atoms with van der Waals surface area (Å²) in [5, 5.41) is 12.0. The molecule has 2 heterocycles. The number of nitrogens with two attached hydrogens (primary N) is 1. The van der Waals surface area contributed by atoms with E-state index in [9.17, 15) is 0 Å². The Balaban J connectivity index is 2.10. The number of nitrogen functional groups attached to an aromatic ring is 1. The normalized spacial score (nSPS) is 18.9. The predicted molar refractivity (Wildman–Crippen MR) is 74.6 cm³/mol. The summed E-state index contributed by atoms with van der Waals surface area (Å²) < 4.78 is 8.15. The first-order valence-corrected chi connectivity index (χ1v) is 6.87. The molecule has 0 amide bonds. The van der Waals surface area contributed by atoms with Gasteiger partial charge in [-0.05, 0) is 41.5 Å². The van der Waals surface area contributed by atoms with Crippen LogP contribution in [0.25, 0.3) is 11.4 Å². The number of benzene rings is 1. The SMILES string of the molecule is Cc1c(N)cc(Br)cc1-c1nnnn1C1CCOC1. The standard InChI is InChI=1S/C12H14BrN5O/c1-7-10(4-8(13)5-11(7)14)12-15-16-17-18(12)9-2-3-19-6-9/h4-5,9H,2-3,6,14H2,1H3. The van der Waals surface area contributed by atoms with Crippen LogP contribution in [0.4, 0.5) is 5.69 Å². The van der Waals surface area contributed by atoms with Crippen LogP contribution in [-0.2, 0) is 4.74 Å². The van der Waals surface area contributed by atoms with Crippen LogP contribution in [-0.4, -0.2) is 33.4 Å². The van der Waals surface area contributed by atoms with Crippen LogP contribution in [0.2, 0.25) is 0 Å². The van der Waals surface area contributed by atoms with Gasteiger partial charge in [-0.2, -0.15) is 0 Å². The van der Waals surface area contributed by atoms with Crippen molar-refractivity contribution in [2.24, 2.45) is 0 Å². The number of halogens is 1. The Morgan fingerprint density at radius 1 is 1.47 bits per heavy atom. The van der Waals surface area contributed by atoms with Crippen molar-refractivity contribution in [1.82, 2.24) is 20.2 Å². The minimum absolute atomic E-state index is 0.199. The van der Waals surface area contributed by atoms with Gasteiger partial charge in [0.1, 0.15) is 0 Å². The van der Waals surface area contributed by atoms with E-state index >= 15 is 0 Å². The molecule has 1 aliphatic rings. The summed E-state index contributed by atoms with van der Waals surface area (Å²) >= 11 is 3.46. The Hall–Kier alpha value is -1.47. The Kier molecular flexibility index (Phi) is 3.24. The lowest BCUT2D eigenvalue weighted by atomic mass is 10.1. The van der Waals surface area contributed by atoms with Crippen molar-refractivity contribution in [3.63, 3.8) is 0 Å². The molecule has 0 radical (unpaired) electrons. The smallest absolute Gasteiger partial charge is 0.182 e. The van der Waals surface area contributed by atoms with Crippen LogP contribution < -0.4 is 5.73 Å². The number of nitrogens with zero attached hydrogens (tertiary/aromatic N) is 4. The highest BCUT2D eigenvalue weighted by atomic mass is 79.9. The zero-order chi connectivity index (χ0) is 13.4. The van der Waals surface area contributed by atoms with Crippen molar-refractivity contribution in [2.75, 3.05) is 18.9 Å². The van der Waals surface area contributed by atoms with Crippen molar-refractivity contribution in [2.45, 2.75) is 19.4 Å². The number of hydrogen-bond acceptors (Lipinski definition) is 5. The van der Waals surface area contributed by atoms with Gasteiger partial charge in [-0.25, -0.2) is 4.68 Å². The van der Waals surface area contributed by atoms with Crippen LogP contribution in [0.15, 0.2) is 16.6 Å². The maximum atomic E-state index is 6.00. The van der Waals surface area contributed by atoms with Crippen molar-refractivity contribution in [1.29, 1.82) is 0 Å². The van der Waals surface area contributed by atoms with Gasteiger partial charge in [0.15, 0.2) is 5.82 Å². The molecule has 1 aromatic carbocycles. The predicted octanol–water partition coefficient (Wildman–Crippen LogP) is 1.95. The van der Waals surface area contributed by atoms with E-state index in [4.69, 9.17) is 10.5 Å². The Morgan fingerprint density at radius 3 is 3.05 bits per heavy atom. The molecule has 1 saturated heterocycles. The second-order valence-corrected chi connectivity index (χ2v) is 5.55. The first-order valence-electron chi connectivity index (χ1n) is 6.08. The molecule has 1 unspecified atom stereocenters. The van der Waals surface area contributed by atoms with E-state index in [2.05, 4.69) is 31.5 Å². The molecule has 100 valence electrons. The van der Waals surface area contributed by atoms with Crippen molar-refractivity contribution in [3.05, 3.63) is 22.2 Å². The van der Waals surface area contributed by atoms with E-state index in [1.165, 1.54) is 0 Å². The summed E-state index contributed by atoms with van der Waals surface area (Å²) in [5.74, 6) is 0.737. The lowest BCUT2D eigenvalue weighted by Gasteiger charge is -2.13.